The lowest BCUT2D eigenvalue weighted by molar-refractivity contribution is 0.177. The van der Waals surface area contributed by atoms with Gasteiger partial charge in [0, 0.05) is 64.3 Å². The first kappa shape index (κ1) is 22.0. The van der Waals surface area contributed by atoms with Crippen LogP contribution in [0.1, 0.15) is 59.9 Å². The molecule has 1 aromatic carbocycles. The number of ether oxygens (including phenoxy) is 1. The van der Waals surface area contributed by atoms with E-state index in [-0.39, 0.29) is 6.10 Å². The second kappa shape index (κ2) is 8.64. The molecule has 0 bridgehead atoms. The average Bonchev–Trinajstić information content (AvgIpc) is 3.58. The first-order valence-electron chi connectivity index (χ1n) is 11.8. The van der Waals surface area contributed by atoms with Crippen LogP contribution in [-0.4, -0.2) is 33.2 Å². The summed E-state index contributed by atoms with van der Waals surface area (Å²) in [7, 11) is 0. The normalized spacial score (nSPS) is 18.6. The van der Waals surface area contributed by atoms with Crippen LogP contribution in [0.2, 0.25) is 5.02 Å². The lowest BCUT2D eigenvalue weighted by Gasteiger charge is -2.25. The van der Waals surface area contributed by atoms with Gasteiger partial charge in [-0.3, -0.25) is 9.88 Å². The standard InChI is InChI=1S/C26H26ClN3O3S/c1-3-21(31)23-12-20-26(34-23)16(5-7-28-20)17-11-15(27)9-14-10-22(32-24(14)17)25-18-13-30(4-2)8-6-19(18)29-33-25/h5,7,9,11-12,21-22,31H,3-4,6,8,10,13H2,1-2H3/t21?,22-/m1/s1. The summed E-state index contributed by atoms with van der Waals surface area (Å²) in [6.07, 6.45) is 3.35. The number of rotatable bonds is 5. The number of nitrogens with zero attached hydrogens (tertiary/aromatic N) is 3. The van der Waals surface area contributed by atoms with E-state index in [2.05, 4.69) is 22.0 Å². The first-order valence-corrected chi connectivity index (χ1v) is 13.0. The summed E-state index contributed by atoms with van der Waals surface area (Å²) < 4.78 is 13.4. The number of thiophene rings is 1. The highest BCUT2D eigenvalue weighted by Gasteiger charge is 2.35. The summed E-state index contributed by atoms with van der Waals surface area (Å²) in [5, 5.41) is 15.4. The molecule has 4 aromatic rings. The highest BCUT2D eigenvalue weighted by molar-refractivity contribution is 7.19. The van der Waals surface area contributed by atoms with Gasteiger partial charge in [0.15, 0.2) is 11.9 Å². The molecule has 0 radical (unpaired) electrons. The average molecular weight is 496 g/mol. The Morgan fingerprint density at radius 3 is 2.97 bits per heavy atom. The molecule has 2 aliphatic heterocycles. The maximum Gasteiger partial charge on any atom is 0.182 e. The van der Waals surface area contributed by atoms with Crippen molar-refractivity contribution in [1.82, 2.24) is 15.0 Å². The van der Waals surface area contributed by atoms with E-state index in [0.29, 0.717) is 17.9 Å². The number of halogens is 1. The van der Waals surface area contributed by atoms with Crippen LogP contribution in [0.5, 0.6) is 5.75 Å². The summed E-state index contributed by atoms with van der Waals surface area (Å²) in [4.78, 5) is 7.86. The molecule has 6 nitrogen and oxygen atoms in total. The number of fused-ring (bicyclic) bond motifs is 3. The molecular weight excluding hydrogens is 470 g/mol. The van der Waals surface area contributed by atoms with E-state index in [1.807, 2.05) is 31.2 Å². The van der Waals surface area contributed by atoms with Crippen molar-refractivity contribution >= 4 is 33.2 Å². The largest absolute Gasteiger partial charge is 0.481 e. The molecule has 0 spiro atoms. The molecule has 2 atom stereocenters. The van der Waals surface area contributed by atoms with Crippen LogP contribution >= 0.6 is 22.9 Å². The molecule has 2 aliphatic rings. The van der Waals surface area contributed by atoms with E-state index in [1.54, 1.807) is 17.5 Å². The Bertz CT molecular complexity index is 1380. The monoisotopic (exact) mass is 495 g/mol. The number of pyridine rings is 1. The van der Waals surface area contributed by atoms with E-state index < -0.39 is 6.10 Å². The molecule has 3 aromatic heterocycles. The quantitative estimate of drug-likeness (QED) is 0.360. The predicted molar refractivity (Wildman–Crippen MR) is 134 cm³/mol. The minimum Gasteiger partial charge on any atom is -0.481 e. The molecule has 0 fully saturated rings. The predicted octanol–water partition coefficient (Wildman–Crippen LogP) is 6.10. The number of aromatic nitrogens is 2. The fourth-order valence-corrected chi connectivity index (χ4v) is 6.47. The van der Waals surface area contributed by atoms with E-state index >= 15 is 0 Å². The van der Waals surface area contributed by atoms with Crippen LogP contribution in [0, 0.1) is 0 Å². The number of aliphatic hydroxyl groups excluding tert-OH is 1. The van der Waals surface area contributed by atoms with Gasteiger partial charge in [0.25, 0.3) is 0 Å². The SMILES string of the molecule is CCC(O)c1cc2nccc(-c3cc(Cl)cc4c3O[C@@H](c3onc5c3CN(CC)CC5)C4)c2s1. The maximum atomic E-state index is 10.4. The molecule has 0 aliphatic carbocycles. The van der Waals surface area contributed by atoms with Crippen molar-refractivity contribution in [2.24, 2.45) is 0 Å². The van der Waals surface area contributed by atoms with Gasteiger partial charge in [-0.05, 0) is 37.2 Å². The van der Waals surface area contributed by atoms with Gasteiger partial charge >= 0.3 is 0 Å². The molecule has 0 amide bonds. The molecule has 1 N–H and O–H groups in total. The Labute approximate surface area is 207 Å². The zero-order chi connectivity index (χ0) is 23.4. The van der Waals surface area contributed by atoms with Crippen molar-refractivity contribution in [2.75, 3.05) is 13.1 Å². The Morgan fingerprint density at radius 2 is 2.15 bits per heavy atom. The van der Waals surface area contributed by atoms with Crippen molar-refractivity contribution in [3.63, 3.8) is 0 Å². The summed E-state index contributed by atoms with van der Waals surface area (Å²) in [6.45, 7) is 7.01. The fraction of sp³-hybridized carbons (Fsp3) is 0.385. The van der Waals surface area contributed by atoms with Gasteiger partial charge in [0.05, 0.1) is 22.0 Å². The molecule has 5 heterocycles. The van der Waals surface area contributed by atoms with E-state index in [9.17, 15) is 5.11 Å². The minimum absolute atomic E-state index is 0.224. The van der Waals surface area contributed by atoms with Gasteiger partial charge in [-0.25, -0.2) is 0 Å². The third-order valence-electron chi connectivity index (χ3n) is 6.92. The van der Waals surface area contributed by atoms with E-state index in [1.165, 1.54) is 5.56 Å². The molecule has 176 valence electrons. The number of hydrogen-bond acceptors (Lipinski definition) is 7. The minimum atomic E-state index is -0.488. The topological polar surface area (TPSA) is 71.6 Å². The molecule has 0 saturated heterocycles. The van der Waals surface area contributed by atoms with Gasteiger partial charge in [-0.2, -0.15) is 0 Å². The van der Waals surface area contributed by atoms with Crippen LogP contribution in [0.4, 0.5) is 0 Å². The number of benzene rings is 1. The fourth-order valence-electron chi connectivity index (χ4n) is 5.02. The van der Waals surface area contributed by atoms with Crippen molar-refractivity contribution in [3.05, 3.63) is 62.9 Å². The third kappa shape index (κ3) is 3.62. The first-order chi connectivity index (χ1) is 16.6. The molecular formula is C26H26ClN3O3S. The highest BCUT2D eigenvalue weighted by Crippen LogP contribution is 2.48. The summed E-state index contributed by atoms with van der Waals surface area (Å²) in [6, 6.07) is 7.92. The van der Waals surface area contributed by atoms with Crippen molar-refractivity contribution in [3.8, 4) is 16.9 Å². The number of likely N-dealkylation sites (N-methyl/N-ethyl adjacent to an activating group) is 1. The molecule has 8 heteroatoms. The lowest BCUT2D eigenvalue weighted by Crippen LogP contribution is -2.30. The van der Waals surface area contributed by atoms with Crippen LogP contribution in [0.3, 0.4) is 0 Å². The van der Waals surface area contributed by atoms with Crippen molar-refractivity contribution in [1.29, 1.82) is 0 Å². The zero-order valence-corrected chi connectivity index (χ0v) is 20.7. The molecule has 1 unspecified atom stereocenters. The van der Waals surface area contributed by atoms with Gasteiger partial charge in [0.2, 0.25) is 0 Å². The van der Waals surface area contributed by atoms with Crippen LogP contribution in [0.25, 0.3) is 21.3 Å². The van der Waals surface area contributed by atoms with Crippen molar-refractivity contribution in [2.45, 2.75) is 51.9 Å². The Morgan fingerprint density at radius 1 is 1.26 bits per heavy atom. The van der Waals surface area contributed by atoms with E-state index in [0.717, 1.165) is 75.0 Å². The second-order valence-electron chi connectivity index (χ2n) is 8.99. The van der Waals surface area contributed by atoms with Gasteiger partial charge in [-0.1, -0.05) is 30.6 Å². The van der Waals surface area contributed by atoms with Gasteiger partial charge < -0.3 is 14.4 Å². The lowest BCUT2D eigenvalue weighted by atomic mass is 9.98. The summed E-state index contributed by atoms with van der Waals surface area (Å²) in [5.74, 6) is 1.66. The number of hydrogen-bond donors (Lipinski definition) is 1. The van der Waals surface area contributed by atoms with Crippen molar-refractivity contribution < 1.29 is 14.4 Å². The molecule has 6 rings (SSSR count). The van der Waals surface area contributed by atoms with Gasteiger partial charge in [-0.15, -0.1) is 11.3 Å². The van der Waals surface area contributed by atoms with Crippen LogP contribution < -0.4 is 4.74 Å². The second-order valence-corrected chi connectivity index (χ2v) is 10.5. The smallest absolute Gasteiger partial charge is 0.182 e. The highest BCUT2D eigenvalue weighted by atomic mass is 35.5. The van der Waals surface area contributed by atoms with E-state index in [4.69, 9.17) is 20.9 Å². The van der Waals surface area contributed by atoms with Crippen LogP contribution in [0.15, 0.2) is 35.0 Å². The Balaban J connectivity index is 1.41. The Hall–Kier alpha value is -2.45. The van der Waals surface area contributed by atoms with Gasteiger partial charge in [0.1, 0.15) is 5.75 Å². The zero-order valence-electron chi connectivity index (χ0n) is 19.2. The summed E-state index contributed by atoms with van der Waals surface area (Å²) >= 11 is 8.16. The maximum absolute atomic E-state index is 10.4. The molecule has 0 saturated carbocycles. The summed E-state index contributed by atoms with van der Waals surface area (Å²) in [5.41, 5.74) is 6.12. The Kier molecular flexibility index (Phi) is 5.60. The number of aliphatic hydroxyl groups is 1. The molecule has 34 heavy (non-hydrogen) atoms. The van der Waals surface area contributed by atoms with Crippen LogP contribution in [-0.2, 0) is 19.4 Å². The third-order valence-corrected chi connectivity index (χ3v) is 8.40.